The van der Waals surface area contributed by atoms with Gasteiger partial charge in [-0.15, -0.1) is 0 Å². The van der Waals surface area contributed by atoms with E-state index in [4.69, 9.17) is 14.2 Å². The molecule has 2 amide bonds. The van der Waals surface area contributed by atoms with Crippen LogP contribution in [0.2, 0.25) is 0 Å². The summed E-state index contributed by atoms with van der Waals surface area (Å²) < 4.78 is 16.7. The molecular weight excluding hydrogens is 422 g/mol. The number of nitrogens with one attached hydrogen (secondary N) is 1. The third-order valence-corrected chi connectivity index (χ3v) is 6.06. The summed E-state index contributed by atoms with van der Waals surface area (Å²) in [5.41, 5.74) is 1.46. The van der Waals surface area contributed by atoms with E-state index in [0.717, 1.165) is 32.5 Å². The third-order valence-electron chi connectivity index (χ3n) is 6.06. The number of rotatable bonds is 7. The van der Waals surface area contributed by atoms with E-state index in [1.54, 1.807) is 42.5 Å². The predicted octanol–water partition coefficient (Wildman–Crippen LogP) is 2.89. The molecule has 2 saturated heterocycles. The molecule has 0 bridgehead atoms. The van der Waals surface area contributed by atoms with Gasteiger partial charge in [0.15, 0.2) is 0 Å². The van der Waals surface area contributed by atoms with E-state index >= 15 is 0 Å². The van der Waals surface area contributed by atoms with Crippen LogP contribution in [0, 0.1) is 0 Å². The number of nitrogens with zero attached hydrogens (tertiary/aromatic N) is 2. The normalized spacial score (nSPS) is 18.7. The molecule has 1 atom stereocenters. The molecule has 2 aliphatic heterocycles. The fraction of sp³-hybridized carbons (Fsp3) is 0.440. The molecule has 8 heteroatoms. The Labute approximate surface area is 194 Å². The Morgan fingerprint density at radius 2 is 1.79 bits per heavy atom. The second-order valence-corrected chi connectivity index (χ2v) is 8.44. The van der Waals surface area contributed by atoms with Crippen LogP contribution in [0.4, 0.5) is 5.69 Å². The summed E-state index contributed by atoms with van der Waals surface area (Å²) in [6.45, 7) is 4.36. The molecule has 33 heavy (non-hydrogen) atoms. The Morgan fingerprint density at radius 1 is 1.06 bits per heavy atom. The third kappa shape index (κ3) is 5.83. The first-order chi connectivity index (χ1) is 16.0. The van der Waals surface area contributed by atoms with E-state index in [9.17, 15) is 9.59 Å². The number of carbonyl (C=O) groups excluding carboxylic acids is 2. The molecule has 0 radical (unpaired) electrons. The lowest BCUT2D eigenvalue weighted by Gasteiger charge is -2.32. The Balaban J connectivity index is 1.41. The first-order valence-electron chi connectivity index (χ1n) is 11.3. The molecule has 176 valence electrons. The molecule has 8 nitrogen and oxygen atoms in total. The summed E-state index contributed by atoms with van der Waals surface area (Å²) in [5.74, 6) is 0.853. The highest BCUT2D eigenvalue weighted by molar-refractivity contribution is 6.06. The Hall–Kier alpha value is -3.10. The first-order valence-corrected chi connectivity index (χ1v) is 11.3. The van der Waals surface area contributed by atoms with Gasteiger partial charge in [-0.25, -0.2) is 0 Å². The van der Waals surface area contributed by atoms with E-state index in [2.05, 4.69) is 10.2 Å². The maximum Gasteiger partial charge on any atom is 0.255 e. The van der Waals surface area contributed by atoms with Gasteiger partial charge in [0.2, 0.25) is 0 Å². The molecule has 0 aliphatic carbocycles. The Bertz CT molecular complexity index is 965. The van der Waals surface area contributed by atoms with Crippen LogP contribution in [0.1, 0.15) is 33.6 Å². The smallest absolute Gasteiger partial charge is 0.255 e. The molecule has 0 spiro atoms. The van der Waals surface area contributed by atoms with Crippen molar-refractivity contribution >= 4 is 17.5 Å². The number of likely N-dealkylation sites (N-methyl/N-ethyl adjacent to an activating group) is 1. The van der Waals surface area contributed by atoms with Crippen LogP contribution >= 0.6 is 0 Å². The van der Waals surface area contributed by atoms with Crippen LogP contribution in [0.15, 0.2) is 42.5 Å². The zero-order valence-electron chi connectivity index (χ0n) is 19.2. The van der Waals surface area contributed by atoms with Crippen molar-refractivity contribution in [2.75, 3.05) is 58.9 Å². The number of amides is 2. The summed E-state index contributed by atoms with van der Waals surface area (Å²) >= 11 is 0. The average molecular weight is 454 g/mol. The second kappa shape index (κ2) is 10.7. The van der Waals surface area contributed by atoms with Gasteiger partial charge >= 0.3 is 0 Å². The van der Waals surface area contributed by atoms with Crippen molar-refractivity contribution in [1.82, 2.24) is 9.80 Å². The highest BCUT2D eigenvalue weighted by Gasteiger charge is 2.22. The van der Waals surface area contributed by atoms with Gasteiger partial charge in [0, 0.05) is 43.9 Å². The van der Waals surface area contributed by atoms with Crippen molar-refractivity contribution in [3.63, 3.8) is 0 Å². The molecule has 2 heterocycles. The van der Waals surface area contributed by atoms with E-state index in [1.165, 1.54) is 7.11 Å². The van der Waals surface area contributed by atoms with Crippen LogP contribution < -0.4 is 14.8 Å². The number of piperazine rings is 1. The van der Waals surface area contributed by atoms with Gasteiger partial charge in [0.1, 0.15) is 18.1 Å². The molecule has 0 aromatic heterocycles. The summed E-state index contributed by atoms with van der Waals surface area (Å²) in [6, 6.07) is 12.1. The first kappa shape index (κ1) is 23.1. The number of hydrogen-bond acceptors (Lipinski definition) is 6. The van der Waals surface area contributed by atoms with E-state index in [0.29, 0.717) is 48.0 Å². The molecule has 2 aromatic rings. The predicted molar refractivity (Wildman–Crippen MR) is 125 cm³/mol. The van der Waals surface area contributed by atoms with Gasteiger partial charge in [0.25, 0.3) is 11.8 Å². The SMILES string of the molecule is COc1ccc(C(=O)N2CCN(C)CC2)cc1NC(=O)c1ccc(OCC2CCCO2)cc1. The number of anilines is 1. The number of hydrogen-bond donors (Lipinski definition) is 1. The van der Waals surface area contributed by atoms with Gasteiger partial charge in [-0.3, -0.25) is 9.59 Å². The lowest BCUT2D eigenvalue weighted by molar-refractivity contribution is 0.0663. The Kier molecular flexibility index (Phi) is 7.47. The molecule has 1 unspecified atom stereocenters. The van der Waals surface area contributed by atoms with Gasteiger partial charge in [-0.05, 0) is 62.4 Å². The van der Waals surface area contributed by atoms with Crippen LogP contribution in [0.3, 0.4) is 0 Å². The fourth-order valence-electron chi connectivity index (χ4n) is 3.99. The van der Waals surface area contributed by atoms with Crippen molar-refractivity contribution in [3.8, 4) is 11.5 Å². The zero-order valence-corrected chi connectivity index (χ0v) is 19.2. The quantitative estimate of drug-likeness (QED) is 0.695. The second-order valence-electron chi connectivity index (χ2n) is 8.44. The van der Waals surface area contributed by atoms with Crippen molar-refractivity contribution < 1.29 is 23.8 Å². The summed E-state index contributed by atoms with van der Waals surface area (Å²) in [5, 5.41) is 2.88. The summed E-state index contributed by atoms with van der Waals surface area (Å²) in [4.78, 5) is 29.8. The van der Waals surface area contributed by atoms with Crippen molar-refractivity contribution in [1.29, 1.82) is 0 Å². The number of benzene rings is 2. The van der Waals surface area contributed by atoms with Crippen molar-refractivity contribution in [2.45, 2.75) is 18.9 Å². The van der Waals surface area contributed by atoms with E-state index in [-0.39, 0.29) is 17.9 Å². The van der Waals surface area contributed by atoms with Gasteiger partial charge in [0.05, 0.1) is 18.9 Å². The minimum absolute atomic E-state index is 0.0472. The molecule has 4 rings (SSSR count). The lowest BCUT2D eigenvalue weighted by Crippen LogP contribution is -2.47. The lowest BCUT2D eigenvalue weighted by atomic mass is 10.1. The molecule has 2 aliphatic rings. The maximum atomic E-state index is 12.9. The standard InChI is InChI=1S/C25H31N3O5/c1-27-11-13-28(14-12-27)25(30)19-7-10-23(31-2)22(16-19)26-24(29)18-5-8-20(9-6-18)33-17-21-4-3-15-32-21/h5-10,16,21H,3-4,11-15,17H2,1-2H3,(H,26,29). The fourth-order valence-corrected chi connectivity index (χ4v) is 3.99. The summed E-state index contributed by atoms with van der Waals surface area (Å²) in [7, 11) is 3.58. The zero-order chi connectivity index (χ0) is 23.2. The average Bonchev–Trinajstić information content (AvgIpc) is 3.37. The number of carbonyl (C=O) groups is 2. The largest absolute Gasteiger partial charge is 0.495 e. The van der Waals surface area contributed by atoms with Crippen molar-refractivity contribution in [2.24, 2.45) is 0 Å². The molecule has 1 N–H and O–H groups in total. The number of methoxy groups -OCH3 is 1. The Morgan fingerprint density at radius 3 is 2.45 bits per heavy atom. The van der Waals surface area contributed by atoms with Crippen LogP contribution in [-0.4, -0.2) is 81.3 Å². The van der Waals surface area contributed by atoms with Crippen molar-refractivity contribution in [3.05, 3.63) is 53.6 Å². The van der Waals surface area contributed by atoms with Gasteiger partial charge < -0.3 is 29.3 Å². The summed E-state index contributed by atoms with van der Waals surface area (Å²) in [6.07, 6.45) is 2.22. The van der Waals surface area contributed by atoms with Crippen LogP contribution in [-0.2, 0) is 4.74 Å². The molecular formula is C25H31N3O5. The molecule has 2 fully saturated rings. The van der Waals surface area contributed by atoms with Gasteiger partial charge in [-0.1, -0.05) is 0 Å². The van der Waals surface area contributed by atoms with Gasteiger partial charge in [-0.2, -0.15) is 0 Å². The highest BCUT2D eigenvalue weighted by Crippen LogP contribution is 2.27. The van der Waals surface area contributed by atoms with E-state index < -0.39 is 0 Å². The molecule has 2 aromatic carbocycles. The number of ether oxygens (including phenoxy) is 3. The van der Waals surface area contributed by atoms with E-state index in [1.807, 2.05) is 11.9 Å². The monoisotopic (exact) mass is 453 g/mol. The maximum absolute atomic E-state index is 12.9. The van der Waals surface area contributed by atoms with Crippen LogP contribution in [0.25, 0.3) is 0 Å². The van der Waals surface area contributed by atoms with Crippen LogP contribution in [0.5, 0.6) is 11.5 Å². The minimum Gasteiger partial charge on any atom is -0.495 e. The highest BCUT2D eigenvalue weighted by atomic mass is 16.5. The molecule has 0 saturated carbocycles. The topological polar surface area (TPSA) is 80.3 Å². The minimum atomic E-state index is -0.289.